The van der Waals surface area contributed by atoms with Crippen LogP contribution < -0.4 is 0 Å². The smallest absolute Gasteiger partial charge is 0.251 e. The summed E-state index contributed by atoms with van der Waals surface area (Å²) < 4.78 is 6.28. The van der Waals surface area contributed by atoms with Crippen molar-refractivity contribution in [2.24, 2.45) is 17.3 Å². The van der Waals surface area contributed by atoms with Gasteiger partial charge in [0.25, 0.3) is 5.91 Å². The third-order valence-electron chi connectivity index (χ3n) is 6.77. The van der Waals surface area contributed by atoms with Crippen LogP contribution in [0.2, 0.25) is 0 Å². The number of amides is 1. The Morgan fingerprint density at radius 3 is 2.41 bits per heavy atom. The maximum atomic E-state index is 12.0. The predicted molar refractivity (Wildman–Crippen MR) is 118 cm³/mol. The fourth-order valence-electron chi connectivity index (χ4n) is 5.17. The van der Waals surface area contributed by atoms with Gasteiger partial charge in [-0.1, -0.05) is 51.3 Å². The second kappa shape index (κ2) is 10.3. The van der Waals surface area contributed by atoms with Crippen LogP contribution in [0.3, 0.4) is 0 Å². The minimum atomic E-state index is -0.490. The summed E-state index contributed by atoms with van der Waals surface area (Å²) in [6, 6.07) is 10.7. The van der Waals surface area contributed by atoms with Gasteiger partial charge in [0.2, 0.25) is 0 Å². The van der Waals surface area contributed by atoms with Gasteiger partial charge in [0.1, 0.15) is 0 Å². The third kappa shape index (κ3) is 5.99. The number of ether oxygens (including phenoxy) is 1. The van der Waals surface area contributed by atoms with E-state index in [4.69, 9.17) is 4.74 Å². The minimum absolute atomic E-state index is 0.199. The molecule has 2 heterocycles. The highest BCUT2D eigenvalue weighted by molar-refractivity contribution is 7.99. The van der Waals surface area contributed by atoms with Crippen molar-refractivity contribution in [3.05, 3.63) is 30.3 Å². The van der Waals surface area contributed by atoms with Crippen LogP contribution >= 0.6 is 11.8 Å². The molecule has 0 radical (unpaired) electrons. The Balaban J connectivity index is 1.39. The number of nitrogens with zero attached hydrogens (tertiary/aromatic N) is 1. The summed E-state index contributed by atoms with van der Waals surface area (Å²) in [6.45, 7) is 3.85. The first-order chi connectivity index (χ1) is 13.9. The second-order valence-electron chi connectivity index (χ2n) is 9.38. The van der Waals surface area contributed by atoms with Crippen LogP contribution in [0.1, 0.15) is 65.2 Å². The number of carbonyl (C=O) groups is 1. The first-order valence-corrected chi connectivity index (χ1v) is 12.2. The highest BCUT2D eigenvalue weighted by Gasteiger charge is 2.47. The average Bonchev–Trinajstić information content (AvgIpc) is 3.30. The summed E-state index contributed by atoms with van der Waals surface area (Å²) in [5.74, 6) is 2.40. The van der Waals surface area contributed by atoms with Crippen molar-refractivity contribution in [3.63, 3.8) is 0 Å². The molecule has 2 saturated heterocycles. The van der Waals surface area contributed by atoms with E-state index in [0.29, 0.717) is 24.0 Å². The first-order valence-electron chi connectivity index (χ1n) is 11.2. The molecule has 4 unspecified atom stereocenters. The zero-order valence-electron chi connectivity index (χ0n) is 18.2. The predicted octanol–water partition coefficient (Wildman–Crippen LogP) is 5.79. The van der Waals surface area contributed by atoms with E-state index < -0.39 is 5.41 Å². The van der Waals surface area contributed by atoms with Crippen LogP contribution in [0.15, 0.2) is 35.2 Å². The number of hydrogen-bond acceptors (Lipinski definition) is 4. The van der Waals surface area contributed by atoms with Crippen LogP contribution in [0.4, 0.5) is 0 Å². The summed E-state index contributed by atoms with van der Waals surface area (Å²) in [5, 5.41) is 10.1. The van der Waals surface area contributed by atoms with E-state index in [-0.39, 0.29) is 5.91 Å². The number of unbranched alkanes of at least 4 members (excludes halogenated alkanes) is 2. The van der Waals surface area contributed by atoms with Crippen molar-refractivity contribution < 1.29 is 14.7 Å². The molecule has 2 aliphatic rings. The number of hydrogen-bond donors (Lipinski definition) is 1. The largest absolute Gasteiger partial charge is 0.374 e. The van der Waals surface area contributed by atoms with Gasteiger partial charge in [0.05, 0.1) is 12.2 Å². The van der Waals surface area contributed by atoms with Gasteiger partial charge in [-0.3, -0.25) is 10.0 Å². The number of hydroxylamine groups is 2. The van der Waals surface area contributed by atoms with Crippen molar-refractivity contribution in [2.75, 3.05) is 12.8 Å². The number of benzene rings is 1. The van der Waals surface area contributed by atoms with E-state index in [2.05, 4.69) is 30.3 Å². The molecule has 5 heteroatoms. The standard InChI is InChI=1S/C24H37NO3S/c1-24(2,23(26)25(3)27)16-9-5-8-12-19-20(22-14-13-21(19)28-22)15-17-29-18-10-6-4-7-11-18/h4,6-7,10-11,19-22,27H,5,8-9,12-17H2,1-3H3. The summed E-state index contributed by atoms with van der Waals surface area (Å²) >= 11 is 1.96. The Hall–Kier alpha value is -1.04. The van der Waals surface area contributed by atoms with Crippen molar-refractivity contribution in [2.45, 2.75) is 82.3 Å². The molecular weight excluding hydrogens is 382 g/mol. The van der Waals surface area contributed by atoms with Crippen molar-refractivity contribution in [1.29, 1.82) is 0 Å². The van der Waals surface area contributed by atoms with Gasteiger partial charge in [-0.25, -0.2) is 5.06 Å². The Bertz CT molecular complexity index is 649. The molecular formula is C24H37NO3S. The van der Waals surface area contributed by atoms with Crippen molar-refractivity contribution in [3.8, 4) is 0 Å². The van der Waals surface area contributed by atoms with E-state index in [1.54, 1.807) is 0 Å². The van der Waals surface area contributed by atoms with E-state index in [1.807, 2.05) is 25.6 Å². The Kier molecular flexibility index (Phi) is 8.06. The van der Waals surface area contributed by atoms with Crippen LogP contribution in [0, 0.1) is 17.3 Å². The van der Waals surface area contributed by atoms with E-state index in [9.17, 15) is 10.0 Å². The van der Waals surface area contributed by atoms with E-state index in [1.165, 1.54) is 49.8 Å². The molecule has 29 heavy (non-hydrogen) atoms. The molecule has 0 aliphatic carbocycles. The Morgan fingerprint density at radius 2 is 1.76 bits per heavy atom. The molecule has 0 spiro atoms. The summed E-state index contributed by atoms with van der Waals surface area (Å²) in [5.41, 5.74) is -0.490. The minimum Gasteiger partial charge on any atom is -0.374 e. The molecule has 1 amide bonds. The molecule has 0 saturated carbocycles. The molecule has 2 fully saturated rings. The molecule has 4 atom stereocenters. The van der Waals surface area contributed by atoms with Crippen LogP contribution in [-0.2, 0) is 9.53 Å². The molecule has 1 aromatic carbocycles. The first kappa shape index (κ1) is 22.6. The molecule has 2 aliphatic heterocycles. The third-order valence-corrected chi connectivity index (χ3v) is 7.81. The lowest BCUT2D eigenvalue weighted by molar-refractivity contribution is -0.169. The van der Waals surface area contributed by atoms with Crippen LogP contribution in [0.5, 0.6) is 0 Å². The van der Waals surface area contributed by atoms with Crippen molar-refractivity contribution in [1.82, 2.24) is 5.06 Å². The number of fused-ring (bicyclic) bond motifs is 2. The zero-order chi connectivity index (χ0) is 20.9. The fraction of sp³-hybridized carbons (Fsp3) is 0.708. The molecule has 0 aromatic heterocycles. The van der Waals surface area contributed by atoms with E-state index >= 15 is 0 Å². The zero-order valence-corrected chi connectivity index (χ0v) is 19.0. The lowest BCUT2D eigenvalue weighted by Crippen LogP contribution is -2.36. The number of carbonyl (C=O) groups excluding carboxylic acids is 1. The number of rotatable bonds is 11. The molecule has 162 valence electrons. The summed E-state index contributed by atoms with van der Waals surface area (Å²) in [7, 11) is 1.41. The summed E-state index contributed by atoms with van der Waals surface area (Å²) in [6.07, 6.45) is 10.1. The van der Waals surface area contributed by atoms with Crippen LogP contribution in [-0.4, -0.2) is 41.2 Å². The maximum Gasteiger partial charge on any atom is 0.251 e. The van der Waals surface area contributed by atoms with Gasteiger partial charge < -0.3 is 4.74 Å². The normalized spacial score (nSPS) is 26.1. The van der Waals surface area contributed by atoms with Crippen molar-refractivity contribution >= 4 is 17.7 Å². The van der Waals surface area contributed by atoms with Gasteiger partial charge in [-0.05, 0) is 61.8 Å². The average molecular weight is 420 g/mol. The molecule has 1 aromatic rings. The topological polar surface area (TPSA) is 49.8 Å². The quantitative estimate of drug-likeness (QED) is 0.214. The fourth-order valence-corrected chi connectivity index (χ4v) is 6.14. The highest BCUT2D eigenvalue weighted by atomic mass is 32.2. The lowest BCUT2D eigenvalue weighted by atomic mass is 9.75. The van der Waals surface area contributed by atoms with Gasteiger partial charge >= 0.3 is 0 Å². The van der Waals surface area contributed by atoms with E-state index in [0.717, 1.165) is 24.3 Å². The summed E-state index contributed by atoms with van der Waals surface area (Å²) in [4.78, 5) is 13.4. The Morgan fingerprint density at radius 1 is 1.10 bits per heavy atom. The lowest BCUT2D eigenvalue weighted by Gasteiger charge is -2.28. The second-order valence-corrected chi connectivity index (χ2v) is 10.5. The van der Waals surface area contributed by atoms with Crippen LogP contribution in [0.25, 0.3) is 0 Å². The molecule has 2 bridgehead atoms. The molecule has 4 nitrogen and oxygen atoms in total. The Labute approximate surface area is 180 Å². The maximum absolute atomic E-state index is 12.0. The molecule has 3 rings (SSSR count). The van der Waals surface area contributed by atoms with Gasteiger partial charge in [-0.15, -0.1) is 11.8 Å². The number of thioether (sulfide) groups is 1. The monoisotopic (exact) mass is 419 g/mol. The highest BCUT2D eigenvalue weighted by Crippen LogP contribution is 2.47. The SMILES string of the molecule is CN(O)C(=O)C(C)(C)CCCCCC1C2CCC(O2)C1CCSc1ccccc1. The van der Waals surface area contributed by atoms with Gasteiger partial charge in [-0.2, -0.15) is 0 Å². The molecule has 1 N–H and O–H groups in total. The van der Waals surface area contributed by atoms with Gasteiger partial charge in [0.15, 0.2) is 0 Å². The van der Waals surface area contributed by atoms with Gasteiger partial charge in [0, 0.05) is 17.4 Å².